The number of carbonyl (C=O) groups is 1. The second kappa shape index (κ2) is 8.00. The first-order valence-electron chi connectivity index (χ1n) is 9.47. The first kappa shape index (κ1) is 19.7. The zero-order valence-electron chi connectivity index (χ0n) is 17.0. The molecule has 3 heterocycles. The van der Waals surface area contributed by atoms with Crippen molar-refractivity contribution >= 4 is 32.6 Å². The summed E-state index contributed by atoms with van der Waals surface area (Å²) < 4.78 is 19.2. The first-order valence-corrected chi connectivity index (χ1v) is 10.3. The molecule has 1 fully saturated rings. The van der Waals surface area contributed by atoms with E-state index in [1.807, 2.05) is 19.1 Å². The highest BCUT2D eigenvalue weighted by Crippen LogP contribution is 2.40. The van der Waals surface area contributed by atoms with Crippen LogP contribution in [0.15, 0.2) is 18.2 Å². The summed E-state index contributed by atoms with van der Waals surface area (Å²) in [5, 5.41) is 4.90. The number of rotatable bonds is 6. The lowest BCUT2D eigenvalue weighted by atomic mass is 10.2. The number of nitrogens with zero attached hydrogens (tertiary/aromatic N) is 4. The molecule has 9 heteroatoms. The molecule has 0 aliphatic carbocycles. The largest absolute Gasteiger partial charge is 0.495 e. The number of ether oxygens (including phenoxy) is 3. The number of hydrogen-bond donors (Lipinski definition) is 0. The molecule has 1 unspecified atom stereocenters. The number of anilines is 1. The highest BCUT2D eigenvalue weighted by atomic mass is 32.1. The predicted molar refractivity (Wildman–Crippen MR) is 111 cm³/mol. The predicted octanol–water partition coefficient (Wildman–Crippen LogP) is 3.18. The third kappa shape index (κ3) is 3.67. The molecular formula is C20H24N4O4S. The molecule has 0 bridgehead atoms. The fourth-order valence-corrected chi connectivity index (χ4v) is 4.66. The topological polar surface area (TPSA) is 78.7 Å². The number of benzene rings is 1. The van der Waals surface area contributed by atoms with E-state index in [0.29, 0.717) is 34.4 Å². The molecule has 0 saturated carbocycles. The molecule has 1 amide bonds. The van der Waals surface area contributed by atoms with Crippen molar-refractivity contribution < 1.29 is 19.0 Å². The number of carbonyl (C=O) groups excluding carboxylic acids is 1. The Morgan fingerprint density at radius 1 is 1.34 bits per heavy atom. The van der Waals surface area contributed by atoms with Crippen molar-refractivity contribution in [3.05, 3.63) is 29.6 Å². The van der Waals surface area contributed by atoms with E-state index in [2.05, 4.69) is 5.10 Å². The van der Waals surface area contributed by atoms with Crippen LogP contribution < -0.4 is 14.4 Å². The lowest BCUT2D eigenvalue weighted by molar-refractivity contribution is 0.0909. The summed E-state index contributed by atoms with van der Waals surface area (Å²) in [5.41, 5.74) is 1.98. The van der Waals surface area contributed by atoms with Crippen LogP contribution in [0.4, 0.5) is 5.13 Å². The fraction of sp³-hybridized carbons (Fsp3) is 0.450. The van der Waals surface area contributed by atoms with Crippen LogP contribution >= 0.6 is 11.3 Å². The van der Waals surface area contributed by atoms with Gasteiger partial charge in [-0.1, -0.05) is 11.3 Å². The Labute approximate surface area is 173 Å². The zero-order valence-corrected chi connectivity index (χ0v) is 17.8. The van der Waals surface area contributed by atoms with Gasteiger partial charge in [-0.15, -0.1) is 0 Å². The van der Waals surface area contributed by atoms with Gasteiger partial charge in [0.2, 0.25) is 0 Å². The summed E-state index contributed by atoms with van der Waals surface area (Å²) in [6.07, 6.45) is 1.91. The SMILES string of the molecule is COc1ccc(OC)c2sc(N(CC3CCCO3)C(=O)c3cc(C)nn3C)nc12. The second-order valence-electron chi connectivity index (χ2n) is 6.99. The third-order valence-electron chi connectivity index (χ3n) is 5.01. The maximum absolute atomic E-state index is 13.5. The van der Waals surface area contributed by atoms with Crippen LogP contribution in [0.1, 0.15) is 29.0 Å². The maximum atomic E-state index is 13.5. The van der Waals surface area contributed by atoms with Crippen molar-refractivity contribution in [1.82, 2.24) is 14.8 Å². The Balaban J connectivity index is 1.80. The van der Waals surface area contributed by atoms with Gasteiger partial charge in [-0.25, -0.2) is 4.98 Å². The fourth-order valence-electron chi connectivity index (χ4n) is 3.58. The summed E-state index contributed by atoms with van der Waals surface area (Å²) in [5.74, 6) is 1.19. The zero-order chi connectivity index (χ0) is 20.5. The maximum Gasteiger partial charge on any atom is 0.278 e. The Morgan fingerprint density at radius 3 is 2.72 bits per heavy atom. The molecule has 1 atom stereocenters. The van der Waals surface area contributed by atoms with Gasteiger partial charge >= 0.3 is 0 Å². The molecule has 0 spiro atoms. The molecular weight excluding hydrogens is 392 g/mol. The molecule has 1 aliphatic heterocycles. The van der Waals surface area contributed by atoms with Crippen molar-refractivity contribution in [3.8, 4) is 11.5 Å². The van der Waals surface area contributed by atoms with Crippen molar-refractivity contribution in [2.24, 2.45) is 7.05 Å². The molecule has 8 nitrogen and oxygen atoms in total. The van der Waals surface area contributed by atoms with Gasteiger partial charge in [0.25, 0.3) is 5.91 Å². The number of aryl methyl sites for hydroxylation is 2. The minimum atomic E-state index is -0.152. The molecule has 154 valence electrons. The summed E-state index contributed by atoms with van der Waals surface area (Å²) in [6.45, 7) is 3.03. The number of hydrogen-bond acceptors (Lipinski definition) is 7. The van der Waals surface area contributed by atoms with Gasteiger partial charge in [-0.3, -0.25) is 14.4 Å². The van der Waals surface area contributed by atoms with E-state index in [1.165, 1.54) is 11.3 Å². The van der Waals surface area contributed by atoms with Crippen LogP contribution in [0.5, 0.6) is 11.5 Å². The average molecular weight is 417 g/mol. The smallest absolute Gasteiger partial charge is 0.278 e. The summed E-state index contributed by atoms with van der Waals surface area (Å²) in [4.78, 5) is 19.9. The monoisotopic (exact) mass is 416 g/mol. The highest BCUT2D eigenvalue weighted by Gasteiger charge is 2.29. The summed E-state index contributed by atoms with van der Waals surface area (Å²) >= 11 is 1.41. The van der Waals surface area contributed by atoms with Crippen molar-refractivity contribution in [3.63, 3.8) is 0 Å². The van der Waals surface area contributed by atoms with Crippen LogP contribution in [0, 0.1) is 6.92 Å². The van der Waals surface area contributed by atoms with E-state index in [1.54, 1.807) is 36.9 Å². The van der Waals surface area contributed by atoms with Crippen LogP contribution in [-0.4, -0.2) is 54.1 Å². The van der Waals surface area contributed by atoms with E-state index >= 15 is 0 Å². The Kier molecular flexibility index (Phi) is 5.42. The van der Waals surface area contributed by atoms with Crippen LogP contribution in [0.3, 0.4) is 0 Å². The van der Waals surface area contributed by atoms with Gasteiger partial charge < -0.3 is 14.2 Å². The number of fused-ring (bicyclic) bond motifs is 1. The number of thiazole rings is 1. The molecule has 3 aromatic rings. The van der Waals surface area contributed by atoms with E-state index in [4.69, 9.17) is 19.2 Å². The van der Waals surface area contributed by atoms with Gasteiger partial charge in [0.1, 0.15) is 27.4 Å². The number of aromatic nitrogens is 3. The lowest BCUT2D eigenvalue weighted by Crippen LogP contribution is -2.38. The van der Waals surface area contributed by atoms with Crippen molar-refractivity contribution in [2.75, 3.05) is 32.3 Å². The van der Waals surface area contributed by atoms with E-state index < -0.39 is 0 Å². The number of amides is 1. The molecule has 0 N–H and O–H groups in total. The average Bonchev–Trinajstić information content (AvgIpc) is 3.44. The normalized spacial score (nSPS) is 16.3. The van der Waals surface area contributed by atoms with E-state index in [-0.39, 0.29) is 12.0 Å². The minimum absolute atomic E-state index is 0.0101. The van der Waals surface area contributed by atoms with Gasteiger partial charge in [0.15, 0.2) is 5.13 Å². The quantitative estimate of drug-likeness (QED) is 0.614. The van der Waals surface area contributed by atoms with Crippen LogP contribution in [0.2, 0.25) is 0 Å². The minimum Gasteiger partial charge on any atom is -0.495 e. The van der Waals surface area contributed by atoms with Crippen LogP contribution in [0.25, 0.3) is 10.2 Å². The highest BCUT2D eigenvalue weighted by molar-refractivity contribution is 7.22. The molecule has 0 radical (unpaired) electrons. The number of methoxy groups -OCH3 is 2. The lowest BCUT2D eigenvalue weighted by Gasteiger charge is -2.23. The van der Waals surface area contributed by atoms with E-state index in [0.717, 1.165) is 29.8 Å². The molecule has 1 aromatic carbocycles. The molecule has 4 rings (SSSR count). The molecule has 1 aliphatic rings. The van der Waals surface area contributed by atoms with Crippen molar-refractivity contribution in [2.45, 2.75) is 25.9 Å². The van der Waals surface area contributed by atoms with Gasteiger partial charge in [0, 0.05) is 13.7 Å². The molecule has 2 aromatic heterocycles. The third-order valence-corrected chi connectivity index (χ3v) is 6.10. The Hall–Kier alpha value is -2.65. The van der Waals surface area contributed by atoms with Gasteiger partial charge in [-0.05, 0) is 38.0 Å². The van der Waals surface area contributed by atoms with Crippen molar-refractivity contribution in [1.29, 1.82) is 0 Å². The van der Waals surface area contributed by atoms with Gasteiger partial charge in [-0.2, -0.15) is 5.10 Å². The standard InChI is InChI=1S/C20H24N4O4S/c1-12-10-14(23(2)22-12)19(25)24(11-13-6-5-9-28-13)20-21-17-15(26-3)7-8-16(27-4)18(17)29-20/h7-8,10,13H,5-6,9,11H2,1-4H3. The molecule has 1 saturated heterocycles. The van der Waals surface area contributed by atoms with E-state index in [9.17, 15) is 4.79 Å². The van der Waals surface area contributed by atoms with Crippen LogP contribution in [-0.2, 0) is 11.8 Å². The summed E-state index contributed by atoms with van der Waals surface area (Å²) in [6, 6.07) is 5.46. The van der Waals surface area contributed by atoms with Gasteiger partial charge in [0.05, 0.1) is 32.6 Å². The summed E-state index contributed by atoms with van der Waals surface area (Å²) in [7, 11) is 5.00. The second-order valence-corrected chi connectivity index (χ2v) is 7.97. The Morgan fingerprint density at radius 2 is 2.10 bits per heavy atom. The Bertz CT molecular complexity index is 998. The molecule has 29 heavy (non-hydrogen) atoms. The first-order chi connectivity index (χ1) is 14.0.